The summed E-state index contributed by atoms with van der Waals surface area (Å²) in [5.41, 5.74) is 0.459. The molecule has 1 unspecified atom stereocenters. The summed E-state index contributed by atoms with van der Waals surface area (Å²) in [6, 6.07) is 0.645. The fourth-order valence-electron chi connectivity index (χ4n) is 2.29. The second-order valence-electron chi connectivity index (χ2n) is 4.97. The van der Waals surface area contributed by atoms with Crippen LogP contribution in [0.4, 0.5) is 0 Å². The third kappa shape index (κ3) is 2.25. The third-order valence-electron chi connectivity index (χ3n) is 3.35. The molecule has 3 heteroatoms. The quantitative estimate of drug-likeness (QED) is 0.722. The van der Waals surface area contributed by atoms with Crippen molar-refractivity contribution in [2.45, 2.75) is 45.6 Å². The van der Waals surface area contributed by atoms with Crippen molar-refractivity contribution < 1.29 is 0 Å². The molecule has 2 aliphatic rings. The van der Waals surface area contributed by atoms with E-state index in [0.717, 1.165) is 6.54 Å². The first-order valence-corrected chi connectivity index (χ1v) is 6.61. The van der Waals surface area contributed by atoms with Gasteiger partial charge in [0, 0.05) is 18.3 Å². The summed E-state index contributed by atoms with van der Waals surface area (Å²) in [5.74, 6) is 1.24. The van der Waals surface area contributed by atoms with Gasteiger partial charge in [-0.3, -0.25) is 4.99 Å². The van der Waals surface area contributed by atoms with Gasteiger partial charge in [0.15, 0.2) is 5.17 Å². The highest BCUT2D eigenvalue weighted by Crippen LogP contribution is 2.37. The van der Waals surface area contributed by atoms with Gasteiger partial charge in [0.05, 0.1) is 0 Å². The summed E-state index contributed by atoms with van der Waals surface area (Å²) in [4.78, 5) is 4.53. The minimum atomic E-state index is 0.459. The van der Waals surface area contributed by atoms with Crippen molar-refractivity contribution in [1.29, 1.82) is 0 Å². The molecule has 2 rings (SSSR count). The first-order valence-electron chi connectivity index (χ1n) is 5.62. The van der Waals surface area contributed by atoms with E-state index in [9.17, 15) is 0 Å². The van der Waals surface area contributed by atoms with Gasteiger partial charge in [-0.15, -0.1) is 0 Å². The minimum Gasteiger partial charge on any atom is -0.362 e. The van der Waals surface area contributed by atoms with E-state index in [1.165, 1.54) is 36.6 Å². The average molecular weight is 212 g/mol. The molecule has 0 saturated heterocycles. The summed E-state index contributed by atoms with van der Waals surface area (Å²) >= 11 is 1.89. The van der Waals surface area contributed by atoms with Crippen LogP contribution in [0.25, 0.3) is 0 Å². The van der Waals surface area contributed by atoms with Gasteiger partial charge in [-0.05, 0) is 24.7 Å². The zero-order valence-electron chi connectivity index (χ0n) is 9.18. The van der Waals surface area contributed by atoms with E-state index in [4.69, 9.17) is 0 Å². The highest BCUT2D eigenvalue weighted by molar-refractivity contribution is 8.13. The Balaban J connectivity index is 1.93. The smallest absolute Gasteiger partial charge is 0.156 e. The molecule has 1 N–H and O–H groups in total. The standard InChI is InChI=1S/C11H20N2S/c1-11(2)6-3-5-9(11)13-10-12-7-4-8-14-10/h9H,3-8H2,1-2H3,(H,12,13). The predicted molar refractivity (Wildman–Crippen MR) is 63.9 cm³/mol. The number of amidine groups is 1. The zero-order valence-corrected chi connectivity index (χ0v) is 9.99. The molecule has 0 amide bonds. The average Bonchev–Trinajstić information content (AvgIpc) is 2.48. The molecule has 1 atom stereocenters. The van der Waals surface area contributed by atoms with E-state index >= 15 is 0 Å². The molecular weight excluding hydrogens is 192 g/mol. The van der Waals surface area contributed by atoms with Crippen LogP contribution < -0.4 is 5.32 Å². The van der Waals surface area contributed by atoms with E-state index in [2.05, 4.69) is 24.2 Å². The van der Waals surface area contributed by atoms with E-state index in [1.807, 2.05) is 11.8 Å². The van der Waals surface area contributed by atoms with Gasteiger partial charge in [-0.1, -0.05) is 32.0 Å². The number of nitrogens with one attached hydrogen (secondary N) is 1. The molecule has 0 bridgehead atoms. The largest absolute Gasteiger partial charge is 0.362 e. The van der Waals surface area contributed by atoms with Gasteiger partial charge in [-0.2, -0.15) is 0 Å². The van der Waals surface area contributed by atoms with E-state index in [-0.39, 0.29) is 0 Å². The molecule has 1 heterocycles. The van der Waals surface area contributed by atoms with Crippen LogP contribution >= 0.6 is 11.8 Å². The van der Waals surface area contributed by atoms with Crippen molar-refractivity contribution >= 4 is 16.9 Å². The van der Waals surface area contributed by atoms with Gasteiger partial charge >= 0.3 is 0 Å². The number of hydrogen-bond acceptors (Lipinski definition) is 3. The molecule has 1 fully saturated rings. The lowest BCUT2D eigenvalue weighted by molar-refractivity contribution is 0.312. The Labute approximate surface area is 90.9 Å². The maximum atomic E-state index is 4.53. The van der Waals surface area contributed by atoms with Gasteiger partial charge in [0.2, 0.25) is 0 Å². The Bertz CT molecular complexity index is 235. The molecule has 0 spiro atoms. The molecule has 0 aromatic carbocycles. The van der Waals surface area contributed by atoms with E-state index in [1.54, 1.807) is 0 Å². The van der Waals surface area contributed by atoms with Crippen LogP contribution in [-0.4, -0.2) is 23.5 Å². The Kier molecular flexibility index (Phi) is 3.05. The Morgan fingerprint density at radius 2 is 2.29 bits per heavy atom. The Hall–Kier alpha value is -0.180. The van der Waals surface area contributed by atoms with Crippen LogP contribution in [0.15, 0.2) is 4.99 Å². The summed E-state index contributed by atoms with van der Waals surface area (Å²) in [6.45, 7) is 5.75. The van der Waals surface area contributed by atoms with Crippen LogP contribution in [0.5, 0.6) is 0 Å². The number of aliphatic imine (C=N–C) groups is 1. The SMILES string of the molecule is CC1(C)CCCC1NC1=NCCCS1. The summed E-state index contributed by atoms with van der Waals surface area (Å²) < 4.78 is 0. The second-order valence-corrected chi connectivity index (χ2v) is 6.05. The Morgan fingerprint density at radius 3 is 2.86 bits per heavy atom. The van der Waals surface area contributed by atoms with E-state index < -0.39 is 0 Å². The lowest BCUT2D eigenvalue weighted by atomic mass is 9.87. The zero-order chi connectivity index (χ0) is 10.0. The number of nitrogens with zero attached hydrogens (tertiary/aromatic N) is 1. The molecule has 0 aromatic heterocycles. The van der Waals surface area contributed by atoms with Crippen molar-refractivity contribution in [3.05, 3.63) is 0 Å². The van der Waals surface area contributed by atoms with Crippen LogP contribution in [0.1, 0.15) is 39.5 Å². The fraction of sp³-hybridized carbons (Fsp3) is 0.909. The number of rotatable bonds is 1. The van der Waals surface area contributed by atoms with Crippen molar-refractivity contribution in [2.24, 2.45) is 10.4 Å². The van der Waals surface area contributed by atoms with Crippen molar-refractivity contribution in [1.82, 2.24) is 5.32 Å². The molecule has 0 radical (unpaired) electrons. The molecule has 2 nitrogen and oxygen atoms in total. The predicted octanol–water partition coefficient (Wildman–Crippen LogP) is 2.65. The van der Waals surface area contributed by atoms with E-state index in [0.29, 0.717) is 11.5 Å². The van der Waals surface area contributed by atoms with Crippen molar-refractivity contribution in [3.8, 4) is 0 Å². The maximum absolute atomic E-state index is 4.53. The highest BCUT2D eigenvalue weighted by atomic mass is 32.2. The lowest BCUT2D eigenvalue weighted by Gasteiger charge is -2.29. The van der Waals surface area contributed by atoms with Gasteiger partial charge in [-0.25, -0.2) is 0 Å². The Morgan fingerprint density at radius 1 is 1.43 bits per heavy atom. The van der Waals surface area contributed by atoms with Gasteiger partial charge in [0.25, 0.3) is 0 Å². The van der Waals surface area contributed by atoms with Crippen molar-refractivity contribution in [3.63, 3.8) is 0 Å². The molecule has 1 aliphatic heterocycles. The monoisotopic (exact) mass is 212 g/mol. The van der Waals surface area contributed by atoms with Crippen LogP contribution in [-0.2, 0) is 0 Å². The van der Waals surface area contributed by atoms with Crippen LogP contribution in [0, 0.1) is 5.41 Å². The molecule has 14 heavy (non-hydrogen) atoms. The third-order valence-corrected chi connectivity index (χ3v) is 4.36. The van der Waals surface area contributed by atoms with Crippen LogP contribution in [0.3, 0.4) is 0 Å². The summed E-state index contributed by atoms with van der Waals surface area (Å²) in [6.07, 6.45) is 5.27. The normalized spacial score (nSPS) is 31.3. The first kappa shape index (κ1) is 10.3. The molecule has 0 aromatic rings. The van der Waals surface area contributed by atoms with Crippen LogP contribution in [0.2, 0.25) is 0 Å². The maximum Gasteiger partial charge on any atom is 0.156 e. The minimum absolute atomic E-state index is 0.459. The number of hydrogen-bond donors (Lipinski definition) is 1. The topological polar surface area (TPSA) is 24.4 Å². The molecular formula is C11H20N2S. The van der Waals surface area contributed by atoms with Gasteiger partial charge in [0.1, 0.15) is 0 Å². The molecule has 80 valence electrons. The fourth-order valence-corrected chi connectivity index (χ4v) is 3.17. The lowest BCUT2D eigenvalue weighted by Crippen LogP contribution is -2.41. The summed E-state index contributed by atoms with van der Waals surface area (Å²) in [5, 5.41) is 4.81. The molecule has 1 aliphatic carbocycles. The van der Waals surface area contributed by atoms with Gasteiger partial charge < -0.3 is 5.32 Å². The van der Waals surface area contributed by atoms with Crippen molar-refractivity contribution in [2.75, 3.05) is 12.3 Å². The first-order chi connectivity index (χ1) is 6.68. The highest BCUT2D eigenvalue weighted by Gasteiger charge is 2.34. The molecule has 1 saturated carbocycles. The number of thioether (sulfide) groups is 1. The summed E-state index contributed by atoms with van der Waals surface area (Å²) in [7, 11) is 0. The second kappa shape index (κ2) is 4.13.